The number of nitrogens with zero attached hydrogens (tertiary/aromatic N) is 1. The van der Waals surface area contributed by atoms with Gasteiger partial charge in [0.15, 0.2) is 0 Å². The summed E-state index contributed by atoms with van der Waals surface area (Å²) in [5.74, 6) is 2.62. The molecular weight excluding hydrogens is 298 g/mol. The van der Waals surface area contributed by atoms with Crippen molar-refractivity contribution in [2.45, 2.75) is 38.5 Å². The number of aromatic amines is 1. The average molecular weight is 321 g/mol. The minimum atomic E-state index is -0.0985. The van der Waals surface area contributed by atoms with Crippen LogP contribution in [-0.4, -0.2) is 16.1 Å². The number of hydrogen-bond donors (Lipinski definition) is 2. The van der Waals surface area contributed by atoms with Crippen molar-refractivity contribution in [2.75, 3.05) is 5.32 Å². The lowest BCUT2D eigenvalue weighted by molar-refractivity contribution is -0.140. The van der Waals surface area contributed by atoms with Gasteiger partial charge >= 0.3 is 0 Å². The van der Waals surface area contributed by atoms with Crippen molar-refractivity contribution < 1.29 is 4.79 Å². The molecule has 4 fully saturated rings. The first-order valence-electron chi connectivity index (χ1n) is 9.11. The van der Waals surface area contributed by atoms with Crippen molar-refractivity contribution in [1.82, 2.24) is 10.2 Å². The van der Waals surface area contributed by atoms with E-state index in [0.717, 1.165) is 54.0 Å². The molecule has 4 aliphatic rings. The quantitative estimate of drug-likeness (QED) is 0.888. The SMILES string of the molecule is O=C(Nc1cccc(-c2ccn[nH]2)c1)C12CC3CC(CC(C3)C1)C2. The molecule has 1 aromatic carbocycles. The monoisotopic (exact) mass is 321 g/mol. The molecule has 4 saturated carbocycles. The number of anilines is 1. The van der Waals surface area contributed by atoms with Crippen LogP contribution in [0.2, 0.25) is 0 Å². The van der Waals surface area contributed by atoms with Crippen LogP contribution in [0.1, 0.15) is 38.5 Å². The van der Waals surface area contributed by atoms with Gasteiger partial charge in [-0.05, 0) is 74.5 Å². The summed E-state index contributed by atoms with van der Waals surface area (Å²) in [5, 5.41) is 10.2. The topological polar surface area (TPSA) is 57.8 Å². The summed E-state index contributed by atoms with van der Waals surface area (Å²) in [6, 6.07) is 9.99. The van der Waals surface area contributed by atoms with Crippen molar-refractivity contribution in [3.05, 3.63) is 36.5 Å². The van der Waals surface area contributed by atoms with Gasteiger partial charge < -0.3 is 5.32 Å². The van der Waals surface area contributed by atoms with Gasteiger partial charge in [-0.3, -0.25) is 9.89 Å². The van der Waals surface area contributed by atoms with Gasteiger partial charge in [0.25, 0.3) is 0 Å². The molecule has 0 atom stereocenters. The normalized spacial score (nSPS) is 33.6. The third-order valence-corrected chi connectivity index (χ3v) is 6.45. The Morgan fingerprint density at radius 2 is 1.79 bits per heavy atom. The number of carbonyl (C=O) groups excluding carboxylic acids is 1. The number of H-pyrrole nitrogens is 1. The summed E-state index contributed by atoms with van der Waals surface area (Å²) in [4.78, 5) is 13.1. The molecule has 4 bridgehead atoms. The number of rotatable bonds is 3. The summed E-state index contributed by atoms with van der Waals surface area (Å²) >= 11 is 0. The fourth-order valence-corrected chi connectivity index (χ4v) is 5.83. The number of hydrogen-bond acceptors (Lipinski definition) is 2. The van der Waals surface area contributed by atoms with Gasteiger partial charge in [-0.2, -0.15) is 5.10 Å². The Bertz CT molecular complexity index is 730. The van der Waals surface area contributed by atoms with Crippen LogP contribution in [0.4, 0.5) is 5.69 Å². The first kappa shape index (κ1) is 14.3. The molecule has 4 nitrogen and oxygen atoms in total. The van der Waals surface area contributed by atoms with E-state index in [4.69, 9.17) is 0 Å². The summed E-state index contributed by atoms with van der Waals surface area (Å²) in [5.41, 5.74) is 2.82. The highest BCUT2D eigenvalue weighted by Gasteiger charge is 2.54. The van der Waals surface area contributed by atoms with Gasteiger partial charge in [-0.25, -0.2) is 0 Å². The summed E-state index contributed by atoms with van der Waals surface area (Å²) in [7, 11) is 0. The van der Waals surface area contributed by atoms with Gasteiger partial charge in [-0.1, -0.05) is 12.1 Å². The van der Waals surface area contributed by atoms with Gasteiger partial charge in [0.2, 0.25) is 5.91 Å². The average Bonchev–Trinajstić information content (AvgIpc) is 3.08. The zero-order chi connectivity index (χ0) is 16.1. The van der Waals surface area contributed by atoms with Crippen molar-refractivity contribution in [3.63, 3.8) is 0 Å². The molecule has 0 spiro atoms. The van der Waals surface area contributed by atoms with Crippen LogP contribution in [-0.2, 0) is 4.79 Å². The highest BCUT2D eigenvalue weighted by Crippen LogP contribution is 2.60. The number of carbonyl (C=O) groups is 1. The molecule has 4 heteroatoms. The number of amides is 1. The predicted molar refractivity (Wildman–Crippen MR) is 93.3 cm³/mol. The lowest BCUT2D eigenvalue weighted by atomic mass is 9.49. The van der Waals surface area contributed by atoms with E-state index in [9.17, 15) is 4.79 Å². The fourth-order valence-electron chi connectivity index (χ4n) is 5.83. The maximum atomic E-state index is 13.1. The van der Waals surface area contributed by atoms with E-state index in [2.05, 4.69) is 15.5 Å². The Hall–Kier alpha value is -2.10. The van der Waals surface area contributed by atoms with Gasteiger partial charge in [-0.15, -0.1) is 0 Å². The molecule has 24 heavy (non-hydrogen) atoms. The van der Waals surface area contributed by atoms with E-state index in [1.165, 1.54) is 19.3 Å². The van der Waals surface area contributed by atoms with Crippen LogP contribution in [0.5, 0.6) is 0 Å². The molecule has 0 aliphatic heterocycles. The third kappa shape index (κ3) is 2.27. The Balaban J connectivity index is 1.38. The molecule has 6 rings (SSSR count). The lowest BCUT2D eigenvalue weighted by Crippen LogP contribution is -2.51. The van der Waals surface area contributed by atoms with Crippen LogP contribution in [0.25, 0.3) is 11.3 Å². The van der Waals surface area contributed by atoms with Crippen LogP contribution >= 0.6 is 0 Å². The first-order valence-corrected chi connectivity index (χ1v) is 9.11. The number of benzene rings is 1. The second-order valence-electron chi connectivity index (χ2n) is 8.20. The minimum absolute atomic E-state index is 0.0985. The fraction of sp³-hybridized carbons (Fsp3) is 0.500. The van der Waals surface area contributed by atoms with Gasteiger partial charge in [0, 0.05) is 17.4 Å². The predicted octanol–water partition coefficient (Wildman–Crippen LogP) is 4.23. The van der Waals surface area contributed by atoms with Gasteiger partial charge in [0.05, 0.1) is 11.1 Å². The number of aromatic nitrogens is 2. The molecule has 4 aliphatic carbocycles. The molecular formula is C20H23N3O. The maximum Gasteiger partial charge on any atom is 0.230 e. The van der Waals surface area contributed by atoms with Crippen molar-refractivity contribution >= 4 is 11.6 Å². The van der Waals surface area contributed by atoms with E-state index in [-0.39, 0.29) is 11.3 Å². The zero-order valence-corrected chi connectivity index (χ0v) is 13.8. The third-order valence-electron chi connectivity index (χ3n) is 6.45. The van der Waals surface area contributed by atoms with Crippen LogP contribution in [0, 0.1) is 23.2 Å². The Morgan fingerprint density at radius 3 is 2.42 bits per heavy atom. The lowest BCUT2D eigenvalue weighted by Gasteiger charge is -2.55. The zero-order valence-electron chi connectivity index (χ0n) is 13.8. The van der Waals surface area contributed by atoms with E-state index in [1.807, 2.05) is 30.3 Å². The molecule has 1 aromatic heterocycles. The van der Waals surface area contributed by atoms with Gasteiger partial charge in [0.1, 0.15) is 0 Å². The molecule has 0 unspecified atom stereocenters. The van der Waals surface area contributed by atoms with Crippen molar-refractivity contribution in [1.29, 1.82) is 0 Å². The molecule has 1 amide bonds. The smallest absolute Gasteiger partial charge is 0.230 e. The molecule has 0 saturated heterocycles. The molecule has 124 valence electrons. The second kappa shape index (κ2) is 5.20. The van der Waals surface area contributed by atoms with Crippen molar-refractivity contribution in [2.24, 2.45) is 23.2 Å². The second-order valence-corrected chi connectivity index (χ2v) is 8.20. The molecule has 1 heterocycles. The van der Waals surface area contributed by atoms with Crippen LogP contribution in [0.15, 0.2) is 36.5 Å². The van der Waals surface area contributed by atoms with Crippen LogP contribution < -0.4 is 5.32 Å². The minimum Gasteiger partial charge on any atom is -0.326 e. The summed E-state index contributed by atoms with van der Waals surface area (Å²) in [6.07, 6.45) is 9.14. The Labute approximate surface area is 142 Å². The molecule has 2 N–H and O–H groups in total. The highest BCUT2D eigenvalue weighted by atomic mass is 16.2. The van der Waals surface area contributed by atoms with E-state index >= 15 is 0 Å². The van der Waals surface area contributed by atoms with E-state index in [0.29, 0.717) is 0 Å². The van der Waals surface area contributed by atoms with E-state index < -0.39 is 0 Å². The highest BCUT2D eigenvalue weighted by molar-refractivity contribution is 5.96. The molecule has 0 radical (unpaired) electrons. The standard InChI is InChI=1S/C20H23N3O/c24-19(20-10-13-6-14(11-20)8-15(7-13)12-20)22-17-3-1-2-16(9-17)18-4-5-21-23-18/h1-5,9,13-15H,6-8,10-12H2,(H,21,23)(H,22,24). The van der Waals surface area contributed by atoms with Crippen molar-refractivity contribution in [3.8, 4) is 11.3 Å². The Morgan fingerprint density at radius 1 is 1.08 bits per heavy atom. The van der Waals surface area contributed by atoms with Crippen LogP contribution in [0.3, 0.4) is 0 Å². The number of nitrogens with one attached hydrogen (secondary N) is 2. The molecule has 2 aromatic rings. The first-order chi connectivity index (χ1) is 11.7. The van der Waals surface area contributed by atoms with E-state index in [1.54, 1.807) is 6.20 Å². The summed E-state index contributed by atoms with van der Waals surface area (Å²) < 4.78 is 0. The summed E-state index contributed by atoms with van der Waals surface area (Å²) in [6.45, 7) is 0. The maximum absolute atomic E-state index is 13.1. The largest absolute Gasteiger partial charge is 0.326 e. The Kier molecular flexibility index (Phi) is 3.09.